The van der Waals surface area contributed by atoms with E-state index < -0.39 is 0 Å². The van der Waals surface area contributed by atoms with Crippen molar-refractivity contribution in [2.24, 2.45) is 0 Å². The predicted octanol–water partition coefficient (Wildman–Crippen LogP) is 0.683. The van der Waals surface area contributed by atoms with Gasteiger partial charge in [-0.2, -0.15) is 0 Å². The summed E-state index contributed by atoms with van der Waals surface area (Å²) in [4.78, 5) is 19.6. The molecule has 3 aliphatic rings. The molecule has 0 bridgehead atoms. The van der Waals surface area contributed by atoms with Crippen LogP contribution in [0.2, 0.25) is 0 Å². The van der Waals surface area contributed by atoms with E-state index in [0.29, 0.717) is 19.1 Å². The second kappa shape index (κ2) is 5.10. The molecule has 1 aromatic heterocycles. The highest BCUT2D eigenvalue weighted by Gasteiger charge is 2.43. The third-order valence-corrected chi connectivity index (χ3v) is 5.22. The highest BCUT2D eigenvalue weighted by molar-refractivity contribution is 5.81. The minimum Gasteiger partial charge on any atom is -0.365 e. The molecule has 0 aromatic carbocycles. The lowest BCUT2D eigenvalue weighted by Gasteiger charge is -2.47. The lowest BCUT2D eigenvalue weighted by Crippen LogP contribution is -2.63. The summed E-state index contributed by atoms with van der Waals surface area (Å²) in [6.07, 6.45) is 8.83. The average molecular weight is 290 g/mol. The fourth-order valence-corrected chi connectivity index (χ4v) is 3.53. The Morgan fingerprint density at radius 1 is 1.43 bits per heavy atom. The topological polar surface area (TPSA) is 79.0 Å². The first kappa shape index (κ1) is 13.3. The number of aromatic amines is 1. The van der Waals surface area contributed by atoms with Crippen molar-refractivity contribution in [2.45, 2.75) is 55.7 Å². The molecular weight excluding hydrogens is 268 g/mol. The van der Waals surface area contributed by atoms with Crippen molar-refractivity contribution in [1.82, 2.24) is 20.6 Å². The van der Waals surface area contributed by atoms with E-state index >= 15 is 0 Å². The van der Waals surface area contributed by atoms with Crippen LogP contribution >= 0.6 is 0 Å². The van der Waals surface area contributed by atoms with Gasteiger partial charge in [0.2, 0.25) is 0 Å². The van der Waals surface area contributed by atoms with Crippen molar-refractivity contribution in [1.29, 1.82) is 0 Å². The summed E-state index contributed by atoms with van der Waals surface area (Å²) >= 11 is 0. The average Bonchev–Trinajstić information content (AvgIpc) is 2.94. The quantitative estimate of drug-likeness (QED) is 0.765. The van der Waals surface area contributed by atoms with Crippen LogP contribution in [0.5, 0.6) is 0 Å². The summed E-state index contributed by atoms with van der Waals surface area (Å²) in [6.45, 7) is 1.31. The Labute approximate surface area is 124 Å². The molecule has 6 heteroatoms. The van der Waals surface area contributed by atoms with Crippen molar-refractivity contribution in [3.63, 3.8) is 0 Å². The normalized spacial score (nSPS) is 34.0. The number of ether oxygens (including phenoxy) is 1. The number of H-pyrrole nitrogens is 1. The van der Waals surface area contributed by atoms with Crippen LogP contribution < -0.4 is 10.6 Å². The molecule has 1 saturated heterocycles. The van der Waals surface area contributed by atoms with E-state index in [-0.39, 0.29) is 23.6 Å². The maximum Gasteiger partial charge on any atom is 0.250 e. The number of hydrogen-bond acceptors (Lipinski definition) is 4. The van der Waals surface area contributed by atoms with Gasteiger partial charge in [0, 0.05) is 36.4 Å². The molecule has 2 aliphatic carbocycles. The number of morpholine rings is 1. The van der Waals surface area contributed by atoms with Crippen LogP contribution in [-0.4, -0.2) is 46.7 Å². The van der Waals surface area contributed by atoms with E-state index in [1.54, 1.807) is 6.20 Å². The van der Waals surface area contributed by atoms with Gasteiger partial charge in [0.1, 0.15) is 11.9 Å². The van der Waals surface area contributed by atoms with Crippen molar-refractivity contribution in [3.8, 4) is 0 Å². The van der Waals surface area contributed by atoms with Crippen LogP contribution in [0.4, 0.5) is 0 Å². The molecule has 2 saturated carbocycles. The first-order chi connectivity index (χ1) is 10.2. The fraction of sp³-hybridized carbons (Fsp3) is 0.733. The number of amides is 1. The molecule has 3 fully saturated rings. The summed E-state index contributed by atoms with van der Waals surface area (Å²) in [5.41, 5.74) is 0.178. The molecule has 1 aromatic rings. The third kappa shape index (κ3) is 2.46. The van der Waals surface area contributed by atoms with E-state index in [2.05, 4.69) is 20.6 Å². The van der Waals surface area contributed by atoms with Gasteiger partial charge in [0.05, 0.1) is 6.61 Å². The van der Waals surface area contributed by atoms with Crippen LogP contribution in [0.15, 0.2) is 12.4 Å². The maximum atomic E-state index is 12.2. The smallest absolute Gasteiger partial charge is 0.250 e. The standard InChI is InChI=1S/C15H22N4O2/c20-14(12-8-18-15(9-21-12)2-1-3-15)19-11-6-10(7-11)13-16-4-5-17-13/h4-5,10-12,18H,1-3,6-9H2,(H,16,17)(H,19,20). The van der Waals surface area contributed by atoms with Crippen molar-refractivity contribution >= 4 is 5.91 Å². The fourth-order valence-electron chi connectivity index (χ4n) is 3.53. The summed E-state index contributed by atoms with van der Waals surface area (Å²) < 4.78 is 5.77. The highest BCUT2D eigenvalue weighted by atomic mass is 16.5. The molecule has 1 aliphatic heterocycles. The van der Waals surface area contributed by atoms with E-state index in [4.69, 9.17) is 4.74 Å². The zero-order chi connectivity index (χ0) is 14.3. The number of nitrogens with one attached hydrogen (secondary N) is 3. The number of imidazole rings is 1. The van der Waals surface area contributed by atoms with E-state index in [1.807, 2.05) is 6.20 Å². The largest absolute Gasteiger partial charge is 0.365 e. The Morgan fingerprint density at radius 2 is 2.29 bits per heavy atom. The number of rotatable bonds is 3. The third-order valence-electron chi connectivity index (χ3n) is 5.22. The Hall–Kier alpha value is -1.40. The molecule has 0 radical (unpaired) electrons. The van der Waals surface area contributed by atoms with Crippen LogP contribution in [0.1, 0.15) is 43.8 Å². The molecule has 21 heavy (non-hydrogen) atoms. The van der Waals surface area contributed by atoms with Crippen LogP contribution in [-0.2, 0) is 9.53 Å². The summed E-state index contributed by atoms with van der Waals surface area (Å²) in [5, 5.41) is 6.60. The van der Waals surface area contributed by atoms with Gasteiger partial charge in [-0.25, -0.2) is 4.98 Å². The molecule has 3 N–H and O–H groups in total. The minimum absolute atomic E-state index is 0.0274. The number of aromatic nitrogens is 2. The zero-order valence-corrected chi connectivity index (χ0v) is 12.1. The van der Waals surface area contributed by atoms with Gasteiger partial charge in [0.15, 0.2) is 0 Å². The van der Waals surface area contributed by atoms with Crippen LogP contribution in [0, 0.1) is 0 Å². The SMILES string of the molecule is O=C(NC1CC(c2ncc[nH]2)C1)C1CNC2(CCC2)CO1. The predicted molar refractivity (Wildman–Crippen MR) is 76.8 cm³/mol. The van der Waals surface area contributed by atoms with Gasteiger partial charge in [-0.3, -0.25) is 4.79 Å². The van der Waals surface area contributed by atoms with Gasteiger partial charge >= 0.3 is 0 Å². The van der Waals surface area contributed by atoms with Crippen molar-refractivity contribution in [3.05, 3.63) is 18.2 Å². The Kier molecular flexibility index (Phi) is 3.23. The van der Waals surface area contributed by atoms with Crippen LogP contribution in [0.3, 0.4) is 0 Å². The van der Waals surface area contributed by atoms with Gasteiger partial charge in [-0.15, -0.1) is 0 Å². The minimum atomic E-state index is -0.334. The zero-order valence-electron chi connectivity index (χ0n) is 12.1. The highest BCUT2D eigenvalue weighted by Crippen LogP contribution is 2.36. The number of nitrogens with zero attached hydrogens (tertiary/aromatic N) is 1. The van der Waals surface area contributed by atoms with E-state index in [1.165, 1.54) is 19.3 Å². The summed E-state index contributed by atoms with van der Waals surface area (Å²) in [6, 6.07) is 0.260. The Bertz CT molecular complexity index is 496. The summed E-state index contributed by atoms with van der Waals surface area (Å²) in [5.74, 6) is 1.51. The van der Waals surface area contributed by atoms with Gasteiger partial charge in [-0.05, 0) is 32.1 Å². The molecule has 1 unspecified atom stereocenters. The Morgan fingerprint density at radius 3 is 2.86 bits per heavy atom. The molecule has 4 rings (SSSR count). The van der Waals surface area contributed by atoms with Gasteiger partial charge in [0.25, 0.3) is 5.91 Å². The van der Waals surface area contributed by atoms with Crippen molar-refractivity contribution < 1.29 is 9.53 Å². The van der Waals surface area contributed by atoms with E-state index in [0.717, 1.165) is 18.7 Å². The van der Waals surface area contributed by atoms with E-state index in [9.17, 15) is 4.79 Å². The number of carbonyl (C=O) groups excluding carboxylic acids is 1. The first-order valence-corrected chi connectivity index (χ1v) is 7.90. The molecule has 1 spiro atoms. The molecule has 6 nitrogen and oxygen atoms in total. The second-order valence-electron chi connectivity index (χ2n) is 6.66. The lowest BCUT2D eigenvalue weighted by molar-refractivity contribution is -0.142. The Balaban J connectivity index is 1.22. The first-order valence-electron chi connectivity index (χ1n) is 7.90. The molecule has 114 valence electrons. The van der Waals surface area contributed by atoms with Gasteiger partial charge < -0.3 is 20.4 Å². The van der Waals surface area contributed by atoms with Gasteiger partial charge in [-0.1, -0.05) is 0 Å². The molecule has 1 atom stereocenters. The van der Waals surface area contributed by atoms with Crippen LogP contribution in [0.25, 0.3) is 0 Å². The number of hydrogen-bond donors (Lipinski definition) is 3. The molecule has 1 amide bonds. The monoisotopic (exact) mass is 290 g/mol. The molecular formula is C15H22N4O2. The maximum absolute atomic E-state index is 12.2. The summed E-state index contributed by atoms with van der Waals surface area (Å²) in [7, 11) is 0. The second-order valence-corrected chi connectivity index (χ2v) is 6.66. The van der Waals surface area contributed by atoms with Crippen molar-refractivity contribution in [2.75, 3.05) is 13.2 Å². The molecule has 2 heterocycles. The number of carbonyl (C=O) groups is 1. The lowest BCUT2D eigenvalue weighted by atomic mass is 9.76.